The zero-order valence-electron chi connectivity index (χ0n) is 13.1. The summed E-state index contributed by atoms with van der Waals surface area (Å²) in [4.78, 5) is 15.7. The van der Waals surface area contributed by atoms with Crippen LogP contribution in [-0.2, 0) is 4.79 Å². The van der Waals surface area contributed by atoms with Gasteiger partial charge in [0.15, 0.2) is 0 Å². The number of amides is 1. The molecule has 0 N–H and O–H groups in total. The van der Waals surface area contributed by atoms with Crippen LogP contribution in [0.5, 0.6) is 0 Å². The van der Waals surface area contributed by atoms with Crippen LogP contribution >= 0.6 is 0 Å². The maximum atomic E-state index is 13.4. The van der Waals surface area contributed by atoms with E-state index in [9.17, 15) is 18.8 Å². The molecule has 2 aliphatic rings. The van der Waals surface area contributed by atoms with Gasteiger partial charge < -0.3 is 4.90 Å². The highest BCUT2D eigenvalue weighted by molar-refractivity contribution is 5.97. The van der Waals surface area contributed by atoms with Gasteiger partial charge in [-0.1, -0.05) is 0 Å². The summed E-state index contributed by atoms with van der Waals surface area (Å²) in [6.07, 6.45) is 5.24. The molecule has 0 aliphatic carbocycles. The summed E-state index contributed by atoms with van der Waals surface area (Å²) in [5.74, 6) is -3.00. The van der Waals surface area contributed by atoms with E-state index in [4.69, 9.17) is 0 Å². The maximum absolute atomic E-state index is 13.4. The van der Waals surface area contributed by atoms with Gasteiger partial charge in [-0.2, -0.15) is 5.26 Å². The van der Waals surface area contributed by atoms with Crippen LogP contribution < -0.4 is 0 Å². The number of rotatable bonds is 3. The lowest BCUT2D eigenvalue weighted by atomic mass is 9.98. The zero-order chi connectivity index (χ0) is 16.4. The highest BCUT2D eigenvalue weighted by atomic mass is 19.3. The summed E-state index contributed by atoms with van der Waals surface area (Å²) in [5, 5.41) is 9.29. The molecular formula is C16H22F2N3O. The second-order valence-electron chi connectivity index (χ2n) is 6.53. The first kappa shape index (κ1) is 16.9. The van der Waals surface area contributed by atoms with Gasteiger partial charge in [0.2, 0.25) is 0 Å². The monoisotopic (exact) mass is 310 g/mol. The first-order valence-corrected chi connectivity index (χ1v) is 7.62. The molecule has 0 bridgehead atoms. The first-order valence-electron chi connectivity index (χ1n) is 7.62. The SMILES string of the molecule is CC(C)(C=C(C#N)C(=O)N1C[CH]CCC1)N1CCC(F)(F)C1. The van der Waals surface area contributed by atoms with Crippen molar-refractivity contribution in [2.45, 2.75) is 44.6 Å². The second kappa shape index (κ2) is 6.33. The van der Waals surface area contributed by atoms with Crippen molar-refractivity contribution in [3.05, 3.63) is 18.1 Å². The van der Waals surface area contributed by atoms with E-state index in [1.54, 1.807) is 23.6 Å². The molecule has 0 aromatic carbocycles. The van der Waals surface area contributed by atoms with Gasteiger partial charge in [-0.25, -0.2) is 8.78 Å². The number of nitrogens with zero attached hydrogens (tertiary/aromatic N) is 3. The highest BCUT2D eigenvalue weighted by Gasteiger charge is 2.43. The van der Waals surface area contributed by atoms with Crippen LogP contribution in [0.1, 0.15) is 33.1 Å². The molecule has 6 heteroatoms. The van der Waals surface area contributed by atoms with E-state index in [2.05, 4.69) is 0 Å². The molecule has 4 nitrogen and oxygen atoms in total. The van der Waals surface area contributed by atoms with Crippen molar-refractivity contribution in [3.8, 4) is 6.07 Å². The standard InChI is InChI=1S/C16H22F2N3O/c1-15(2,21-9-6-16(17,18)12-21)10-13(11-19)14(22)20-7-4-3-5-8-20/h4,10H,3,5-9,12H2,1-2H3. The number of carbonyl (C=O) groups is 1. The number of hydrogen-bond acceptors (Lipinski definition) is 3. The van der Waals surface area contributed by atoms with E-state index in [0.29, 0.717) is 13.1 Å². The highest BCUT2D eigenvalue weighted by Crippen LogP contribution is 2.33. The fourth-order valence-electron chi connectivity index (χ4n) is 2.93. The van der Waals surface area contributed by atoms with Crippen LogP contribution in [0.3, 0.4) is 0 Å². The molecule has 1 amide bonds. The lowest BCUT2D eigenvalue weighted by Gasteiger charge is -2.33. The molecule has 2 heterocycles. The summed E-state index contributed by atoms with van der Waals surface area (Å²) >= 11 is 0. The van der Waals surface area contributed by atoms with Crippen molar-refractivity contribution >= 4 is 5.91 Å². The van der Waals surface area contributed by atoms with Crippen LogP contribution in [0.2, 0.25) is 0 Å². The third kappa shape index (κ3) is 3.83. The van der Waals surface area contributed by atoms with E-state index in [1.165, 1.54) is 6.08 Å². The molecule has 2 rings (SSSR count). The quantitative estimate of drug-likeness (QED) is 0.594. The van der Waals surface area contributed by atoms with Crippen LogP contribution in [0.25, 0.3) is 0 Å². The number of carbonyl (C=O) groups excluding carboxylic acids is 1. The van der Waals surface area contributed by atoms with E-state index < -0.39 is 11.5 Å². The van der Waals surface area contributed by atoms with Gasteiger partial charge >= 0.3 is 0 Å². The minimum atomic E-state index is -2.69. The Bertz CT molecular complexity index is 502. The van der Waals surface area contributed by atoms with Gasteiger partial charge in [-0.15, -0.1) is 0 Å². The van der Waals surface area contributed by atoms with Gasteiger partial charge in [-0.3, -0.25) is 9.69 Å². The Labute approximate surface area is 130 Å². The fourth-order valence-corrected chi connectivity index (χ4v) is 2.93. The summed E-state index contributed by atoms with van der Waals surface area (Å²) < 4.78 is 26.8. The Morgan fingerprint density at radius 2 is 2.14 bits per heavy atom. The van der Waals surface area contributed by atoms with Crippen LogP contribution in [-0.4, -0.2) is 53.3 Å². The molecule has 0 saturated carbocycles. The molecule has 2 aliphatic heterocycles. The smallest absolute Gasteiger partial charge is 0.264 e. The van der Waals surface area contributed by atoms with Crippen molar-refractivity contribution in [3.63, 3.8) is 0 Å². The molecule has 22 heavy (non-hydrogen) atoms. The lowest BCUT2D eigenvalue weighted by molar-refractivity contribution is -0.127. The lowest BCUT2D eigenvalue weighted by Crippen LogP contribution is -2.43. The average Bonchev–Trinajstić information content (AvgIpc) is 2.86. The van der Waals surface area contributed by atoms with Gasteiger partial charge in [0.1, 0.15) is 11.6 Å². The van der Waals surface area contributed by atoms with Gasteiger partial charge in [0.25, 0.3) is 11.8 Å². The number of hydrogen-bond donors (Lipinski definition) is 0. The van der Waals surface area contributed by atoms with Crippen LogP contribution in [0, 0.1) is 17.8 Å². The minimum Gasteiger partial charge on any atom is -0.338 e. The van der Waals surface area contributed by atoms with E-state index in [0.717, 1.165) is 12.8 Å². The average molecular weight is 310 g/mol. The normalized spacial score (nSPS) is 23.4. The van der Waals surface area contributed by atoms with Crippen molar-refractivity contribution in [1.29, 1.82) is 5.26 Å². The molecule has 0 spiro atoms. The predicted octanol–water partition coefficient (Wildman–Crippen LogP) is 2.38. The third-order valence-electron chi connectivity index (χ3n) is 4.31. The van der Waals surface area contributed by atoms with Crippen LogP contribution in [0.4, 0.5) is 8.78 Å². The van der Waals surface area contributed by atoms with Crippen molar-refractivity contribution in [2.75, 3.05) is 26.2 Å². The molecule has 0 atom stereocenters. The van der Waals surface area contributed by atoms with Gasteiger partial charge in [0.05, 0.1) is 6.54 Å². The van der Waals surface area contributed by atoms with E-state index >= 15 is 0 Å². The Morgan fingerprint density at radius 1 is 1.41 bits per heavy atom. The summed E-state index contributed by atoms with van der Waals surface area (Å²) in [7, 11) is 0. The van der Waals surface area contributed by atoms with Gasteiger partial charge in [0, 0.05) is 31.6 Å². The molecule has 0 unspecified atom stereocenters. The molecule has 121 valence electrons. The number of nitriles is 1. The fraction of sp³-hybridized carbons (Fsp3) is 0.688. The Hall–Kier alpha value is -1.48. The Kier molecular flexibility index (Phi) is 4.86. The molecule has 1 radical (unpaired) electrons. The largest absolute Gasteiger partial charge is 0.338 e. The zero-order valence-corrected chi connectivity index (χ0v) is 13.1. The van der Waals surface area contributed by atoms with Crippen molar-refractivity contribution in [1.82, 2.24) is 9.80 Å². The van der Waals surface area contributed by atoms with E-state index in [1.807, 2.05) is 12.5 Å². The van der Waals surface area contributed by atoms with Crippen LogP contribution in [0.15, 0.2) is 11.6 Å². The first-order chi connectivity index (χ1) is 10.2. The molecule has 0 aromatic rings. The molecule has 0 aromatic heterocycles. The molecule has 2 fully saturated rings. The number of halogens is 2. The second-order valence-corrected chi connectivity index (χ2v) is 6.53. The predicted molar refractivity (Wildman–Crippen MR) is 79.0 cm³/mol. The van der Waals surface area contributed by atoms with E-state index in [-0.39, 0.29) is 31.0 Å². The Balaban J connectivity index is 2.13. The Morgan fingerprint density at radius 3 is 2.64 bits per heavy atom. The summed E-state index contributed by atoms with van der Waals surface area (Å²) in [5.41, 5.74) is -0.712. The molecule has 2 saturated heterocycles. The van der Waals surface area contributed by atoms with Crippen molar-refractivity contribution in [2.24, 2.45) is 0 Å². The van der Waals surface area contributed by atoms with Crippen molar-refractivity contribution < 1.29 is 13.6 Å². The molecular weight excluding hydrogens is 288 g/mol. The van der Waals surface area contributed by atoms with Gasteiger partial charge in [-0.05, 0) is 39.2 Å². The summed E-state index contributed by atoms with van der Waals surface area (Å²) in [6.45, 7) is 4.64. The topological polar surface area (TPSA) is 47.3 Å². The number of likely N-dealkylation sites (tertiary alicyclic amines) is 2. The number of piperidine rings is 1. The number of alkyl halides is 2. The minimum absolute atomic E-state index is 0.0375. The maximum Gasteiger partial charge on any atom is 0.264 e. The summed E-state index contributed by atoms with van der Waals surface area (Å²) in [6, 6.07) is 1.94. The third-order valence-corrected chi connectivity index (χ3v) is 4.31.